The maximum absolute atomic E-state index is 13.8. The van der Waals surface area contributed by atoms with Crippen molar-refractivity contribution in [3.63, 3.8) is 0 Å². The summed E-state index contributed by atoms with van der Waals surface area (Å²) in [6, 6.07) is 6.84. The number of hydrogen-bond donors (Lipinski definition) is 3. The van der Waals surface area contributed by atoms with E-state index in [0.717, 1.165) is 31.4 Å². The number of aromatic amines is 2. The Kier molecular flexibility index (Phi) is 4.19. The molecule has 1 fully saturated rings. The lowest BCUT2D eigenvalue weighted by Gasteiger charge is -2.24. The van der Waals surface area contributed by atoms with E-state index in [-0.39, 0.29) is 28.5 Å². The van der Waals surface area contributed by atoms with Crippen molar-refractivity contribution in [1.29, 1.82) is 0 Å². The zero-order valence-electron chi connectivity index (χ0n) is 15.5. The van der Waals surface area contributed by atoms with Crippen LogP contribution in [0.3, 0.4) is 0 Å². The number of ether oxygens (including phenoxy) is 1. The van der Waals surface area contributed by atoms with Crippen LogP contribution in [0.15, 0.2) is 35.1 Å². The molecular formula is C20H15F2N5O3. The van der Waals surface area contributed by atoms with Crippen LogP contribution < -0.4 is 10.9 Å². The molecule has 1 saturated carbocycles. The molecule has 0 bridgehead atoms. The molecule has 2 aromatic carbocycles. The molecule has 0 aliphatic heterocycles. The van der Waals surface area contributed by atoms with Crippen LogP contribution in [0.2, 0.25) is 0 Å². The molecule has 0 atom stereocenters. The van der Waals surface area contributed by atoms with Gasteiger partial charge in [0.25, 0.3) is 5.56 Å². The maximum Gasteiger partial charge on any atom is 0.414 e. The van der Waals surface area contributed by atoms with E-state index in [9.17, 15) is 18.4 Å². The van der Waals surface area contributed by atoms with Crippen molar-refractivity contribution in [2.24, 2.45) is 0 Å². The topological polar surface area (TPSA) is 113 Å². The number of carbonyl (C=O) groups excluding carboxylic acids is 1. The average molecular weight is 411 g/mol. The van der Waals surface area contributed by atoms with Gasteiger partial charge in [0.15, 0.2) is 11.6 Å². The summed E-state index contributed by atoms with van der Waals surface area (Å²) in [6.07, 6.45) is 2.15. The smallest absolute Gasteiger partial charge is 0.414 e. The minimum atomic E-state index is -1.11. The Balaban J connectivity index is 1.51. The van der Waals surface area contributed by atoms with Gasteiger partial charge in [-0.25, -0.2) is 23.7 Å². The molecule has 2 heterocycles. The number of nitrogens with one attached hydrogen (secondary N) is 3. The van der Waals surface area contributed by atoms with Crippen molar-refractivity contribution in [3.05, 3.63) is 52.3 Å². The van der Waals surface area contributed by atoms with Gasteiger partial charge in [-0.05, 0) is 43.5 Å². The molecule has 30 heavy (non-hydrogen) atoms. The Morgan fingerprint density at radius 2 is 1.90 bits per heavy atom. The minimum absolute atomic E-state index is 0.00953. The number of anilines is 1. The lowest BCUT2D eigenvalue weighted by Crippen LogP contribution is -2.28. The van der Waals surface area contributed by atoms with E-state index in [1.807, 2.05) is 0 Å². The SMILES string of the molecule is O=C(Nc1nc2ccc(-c3n[nH]c(=O)c4cc(F)c(F)cc34)cc2[nH]1)OC1CCC1. The average Bonchev–Trinajstić information content (AvgIpc) is 3.08. The third kappa shape index (κ3) is 3.15. The molecule has 2 aromatic heterocycles. The largest absolute Gasteiger partial charge is 0.446 e. The van der Waals surface area contributed by atoms with Crippen LogP contribution >= 0.6 is 0 Å². The molecule has 1 amide bonds. The number of hydrogen-bond acceptors (Lipinski definition) is 5. The third-order valence-corrected chi connectivity index (χ3v) is 5.13. The van der Waals surface area contributed by atoms with Crippen LogP contribution in [0.4, 0.5) is 19.5 Å². The van der Waals surface area contributed by atoms with Crippen molar-refractivity contribution in [3.8, 4) is 11.3 Å². The summed E-state index contributed by atoms with van der Waals surface area (Å²) in [5.41, 5.74) is 1.35. The molecule has 0 radical (unpaired) electrons. The molecule has 152 valence electrons. The Morgan fingerprint density at radius 3 is 2.63 bits per heavy atom. The van der Waals surface area contributed by atoms with Crippen molar-refractivity contribution in [1.82, 2.24) is 20.2 Å². The number of aromatic nitrogens is 4. The third-order valence-electron chi connectivity index (χ3n) is 5.13. The normalized spacial score (nSPS) is 14.1. The van der Waals surface area contributed by atoms with Gasteiger partial charge >= 0.3 is 6.09 Å². The molecule has 0 unspecified atom stereocenters. The lowest BCUT2D eigenvalue weighted by molar-refractivity contribution is 0.0623. The lowest BCUT2D eigenvalue weighted by atomic mass is 9.96. The summed E-state index contributed by atoms with van der Waals surface area (Å²) in [4.78, 5) is 31.1. The van der Waals surface area contributed by atoms with Gasteiger partial charge in [0.1, 0.15) is 6.10 Å². The number of imidazole rings is 1. The van der Waals surface area contributed by atoms with Crippen LogP contribution in [-0.2, 0) is 4.74 Å². The second-order valence-electron chi connectivity index (χ2n) is 7.11. The van der Waals surface area contributed by atoms with E-state index in [0.29, 0.717) is 16.6 Å². The first-order valence-corrected chi connectivity index (χ1v) is 9.33. The van der Waals surface area contributed by atoms with Crippen molar-refractivity contribution < 1.29 is 18.3 Å². The standard InChI is InChI=1S/C20H15F2N5O3/c21-13-7-11-12(8-14(13)22)18(28)27-26-17(11)9-4-5-15-16(6-9)24-19(23-15)25-20(29)30-10-2-1-3-10/h4-8,10H,1-3H2,(H,27,28)(H2,23,24,25,29). The van der Waals surface area contributed by atoms with Gasteiger partial charge in [-0.1, -0.05) is 6.07 Å². The fraction of sp³-hybridized carbons (Fsp3) is 0.200. The Morgan fingerprint density at radius 1 is 1.13 bits per heavy atom. The molecule has 0 spiro atoms. The summed E-state index contributed by atoms with van der Waals surface area (Å²) in [7, 11) is 0. The highest BCUT2D eigenvalue weighted by Crippen LogP contribution is 2.29. The number of benzene rings is 2. The Hall–Kier alpha value is -3.82. The Bertz CT molecular complexity index is 1360. The summed E-state index contributed by atoms with van der Waals surface area (Å²) in [5, 5.41) is 9.04. The molecule has 0 saturated heterocycles. The number of nitrogens with zero attached hydrogens (tertiary/aromatic N) is 2. The predicted molar refractivity (Wildman–Crippen MR) is 105 cm³/mol. The van der Waals surface area contributed by atoms with Gasteiger partial charge in [-0.2, -0.15) is 5.10 Å². The van der Waals surface area contributed by atoms with Gasteiger partial charge in [-0.15, -0.1) is 0 Å². The molecule has 4 aromatic rings. The zero-order chi connectivity index (χ0) is 20.8. The molecule has 10 heteroatoms. The number of H-pyrrole nitrogens is 2. The molecule has 3 N–H and O–H groups in total. The van der Waals surface area contributed by atoms with Crippen LogP contribution in [0.5, 0.6) is 0 Å². The number of rotatable bonds is 3. The van der Waals surface area contributed by atoms with E-state index >= 15 is 0 Å². The summed E-state index contributed by atoms with van der Waals surface area (Å²) < 4.78 is 32.6. The number of halogens is 2. The highest BCUT2D eigenvalue weighted by molar-refractivity contribution is 5.96. The van der Waals surface area contributed by atoms with Crippen LogP contribution in [0, 0.1) is 11.6 Å². The fourth-order valence-corrected chi connectivity index (χ4v) is 3.36. The van der Waals surface area contributed by atoms with E-state index in [4.69, 9.17) is 4.74 Å². The first-order valence-electron chi connectivity index (χ1n) is 9.33. The zero-order valence-corrected chi connectivity index (χ0v) is 15.5. The molecule has 1 aliphatic rings. The van der Waals surface area contributed by atoms with E-state index < -0.39 is 23.3 Å². The first-order chi connectivity index (χ1) is 14.5. The monoisotopic (exact) mass is 411 g/mol. The summed E-state index contributed by atoms with van der Waals surface area (Å²) in [6.45, 7) is 0. The van der Waals surface area contributed by atoms with Crippen molar-refractivity contribution >= 4 is 33.8 Å². The highest BCUT2D eigenvalue weighted by Gasteiger charge is 2.22. The second-order valence-corrected chi connectivity index (χ2v) is 7.11. The maximum atomic E-state index is 13.8. The molecule has 8 nitrogen and oxygen atoms in total. The summed E-state index contributed by atoms with van der Waals surface area (Å²) in [5.74, 6) is -1.97. The molecular weight excluding hydrogens is 396 g/mol. The van der Waals surface area contributed by atoms with Gasteiger partial charge in [0, 0.05) is 10.9 Å². The van der Waals surface area contributed by atoms with Gasteiger partial charge in [0.05, 0.1) is 22.1 Å². The molecule has 5 rings (SSSR count). The van der Waals surface area contributed by atoms with Crippen LogP contribution in [0.25, 0.3) is 33.1 Å². The van der Waals surface area contributed by atoms with Gasteiger partial charge < -0.3 is 9.72 Å². The van der Waals surface area contributed by atoms with Gasteiger partial charge in [0.2, 0.25) is 5.95 Å². The molecule has 1 aliphatic carbocycles. The number of carbonyl (C=O) groups is 1. The Labute approximate surface area is 167 Å². The number of fused-ring (bicyclic) bond motifs is 2. The highest BCUT2D eigenvalue weighted by atomic mass is 19.2. The summed E-state index contributed by atoms with van der Waals surface area (Å²) >= 11 is 0. The fourth-order valence-electron chi connectivity index (χ4n) is 3.36. The van der Waals surface area contributed by atoms with E-state index in [1.165, 1.54) is 0 Å². The quantitative estimate of drug-likeness (QED) is 0.474. The van der Waals surface area contributed by atoms with Gasteiger partial charge in [-0.3, -0.25) is 10.1 Å². The second kappa shape index (κ2) is 6.90. The van der Waals surface area contributed by atoms with E-state index in [2.05, 4.69) is 25.5 Å². The van der Waals surface area contributed by atoms with Crippen LogP contribution in [0.1, 0.15) is 19.3 Å². The predicted octanol–water partition coefficient (Wildman–Crippen LogP) is 3.85. The number of amides is 1. The first kappa shape index (κ1) is 18.2. The van der Waals surface area contributed by atoms with Crippen molar-refractivity contribution in [2.45, 2.75) is 25.4 Å². The van der Waals surface area contributed by atoms with E-state index in [1.54, 1.807) is 18.2 Å². The van der Waals surface area contributed by atoms with Crippen molar-refractivity contribution in [2.75, 3.05) is 5.32 Å². The van der Waals surface area contributed by atoms with Crippen LogP contribution in [-0.4, -0.2) is 32.4 Å². The minimum Gasteiger partial charge on any atom is -0.446 e.